The van der Waals surface area contributed by atoms with Gasteiger partial charge in [-0.15, -0.1) is 0 Å². The molecular formula is C19H25N3O3. The molecule has 0 aliphatic carbocycles. The van der Waals surface area contributed by atoms with Crippen LogP contribution in [0.4, 0.5) is 5.69 Å². The summed E-state index contributed by atoms with van der Waals surface area (Å²) in [4.78, 5) is 11.9. The number of aromatic nitrogens is 1. The summed E-state index contributed by atoms with van der Waals surface area (Å²) in [6.45, 7) is 8.80. The van der Waals surface area contributed by atoms with Gasteiger partial charge >= 0.3 is 0 Å². The highest BCUT2D eigenvalue weighted by Crippen LogP contribution is 2.33. The maximum atomic E-state index is 11.9. The topological polar surface area (TPSA) is 76.4 Å². The van der Waals surface area contributed by atoms with Crippen LogP contribution >= 0.6 is 0 Å². The molecule has 0 radical (unpaired) electrons. The molecule has 0 spiro atoms. The molecule has 1 aliphatic rings. The second-order valence-electron chi connectivity index (χ2n) is 6.49. The van der Waals surface area contributed by atoms with Crippen LogP contribution in [-0.4, -0.2) is 23.7 Å². The van der Waals surface area contributed by atoms with Gasteiger partial charge in [-0.3, -0.25) is 4.79 Å². The molecule has 1 aliphatic heterocycles. The monoisotopic (exact) mass is 343 g/mol. The van der Waals surface area contributed by atoms with E-state index in [1.165, 1.54) is 5.56 Å². The molecule has 0 fully saturated rings. The van der Waals surface area contributed by atoms with Crippen molar-refractivity contribution < 1.29 is 14.1 Å². The van der Waals surface area contributed by atoms with Crippen LogP contribution in [0, 0.1) is 13.8 Å². The number of carbonyl (C=O) groups is 1. The molecule has 1 aromatic carbocycles. The molecule has 0 saturated heterocycles. The Balaban J connectivity index is 1.63. The molecule has 0 bridgehead atoms. The molecule has 3 rings (SSSR count). The van der Waals surface area contributed by atoms with E-state index >= 15 is 0 Å². The predicted octanol–water partition coefficient (Wildman–Crippen LogP) is 3.29. The van der Waals surface area contributed by atoms with Gasteiger partial charge in [-0.25, -0.2) is 0 Å². The third kappa shape index (κ3) is 3.69. The number of carbonyl (C=O) groups excluding carboxylic acids is 1. The standard InChI is InChI=1S/C19H25N3O3/c1-5-17-19(23)21-16-7-6-14(10-18(16)24-17)11(2)20-9-8-15-12(3)22-25-13(15)4/h6-7,10-11,17,20H,5,8-9H2,1-4H3,(H,21,23)/t11-,17-/m0/s1. The summed E-state index contributed by atoms with van der Waals surface area (Å²) in [6.07, 6.45) is 1.12. The lowest BCUT2D eigenvalue weighted by Gasteiger charge is -2.26. The molecule has 6 nitrogen and oxygen atoms in total. The van der Waals surface area contributed by atoms with Crippen molar-refractivity contribution in [3.63, 3.8) is 0 Å². The van der Waals surface area contributed by atoms with E-state index in [0.717, 1.165) is 41.4 Å². The summed E-state index contributed by atoms with van der Waals surface area (Å²) in [7, 11) is 0. The number of nitrogens with one attached hydrogen (secondary N) is 2. The molecule has 2 aromatic rings. The van der Waals surface area contributed by atoms with Crippen molar-refractivity contribution in [2.24, 2.45) is 0 Å². The molecule has 6 heteroatoms. The van der Waals surface area contributed by atoms with E-state index in [2.05, 4.69) is 22.7 Å². The van der Waals surface area contributed by atoms with E-state index in [9.17, 15) is 4.79 Å². The van der Waals surface area contributed by atoms with Crippen molar-refractivity contribution in [3.05, 3.63) is 40.8 Å². The molecule has 2 atom stereocenters. The minimum absolute atomic E-state index is 0.0756. The number of amides is 1. The van der Waals surface area contributed by atoms with Crippen molar-refractivity contribution in [1.29, 1.82) is 0 Å². The fourth-order valence-electron chi connectivity index (χ4n) is 3.09. The Kier molecular flexibility index (Phi) is 5.08. The smallest absolute Gasteiger partial charge is 0.265 e. The fraction of sp³-hybridized carbons (Fsp3) is 0.474. The highest BCUT2D eigenvalue weighted by Gasteiger charge is 2.26. The Labute approximate surface area is 147 Å². The van der Waals surface area contributed by atoms with E-state index in [1.807, 2.05) is 39.0 Å². The first kappa shape index (κ1) is 17.5. The maximum Gasteiger partial charge on any atom is 0.265 e. The van der Waals surface area contributed by atoms with E-state index in [4.69, 9.17) is 9.26 Å². The van der Waals surface area contributed by atoms with Crippen molar-refractivity contribution in [2.45, 2.75) is 52.7 Å². The van der Waals surface area contributed by atoms with E-state index in [-0.39, 0.29) is 11.9 Å². The zero-order chi connectivity index (χ0) is 18.0. The van der Waals surface area contributed by atoms with Crippen LogP contribution in [0.15, 0.2) is 22.7 Å². The summed E-state index contributed by atoms with van der Waals surface area (Å²) in [6, 6.07) is 6.10. The predicted molar refractivity (Wildman–Crippen MR) is 95.9 cm³/mol. The van der Waals surface area contributed by atoms with Gasteiger partial charge in [0, 0.05) is 11.6 Å². The molecule has 25 heavy (non-hydrogen) atoms. The Morgan fingerprint density at radius 3 is 2.84 bits per heavy atom. The number of rotatable bonds is 6. The van der Waals surface area contributed by atoms with Gasteiger partial charge in [0.05, 0.1) is 11.4 Å². The summed E-state index contributed by atoms with van der Waals surface area (Å²) in [5, 5.41) is 10.4. The van der Waals surface area contributed by atoms with Crippen molar-refractivity contribution in [1.82, 2.24) is 10.5 Å². The van der Waals surface area contributed by atoms with Crippen molar-refractivity contribution >= 4 is 11.6 Å². The van der Waals surface area contributed by atoms with Crippen LogP contribution < -0.4 is 15.4 Å². The van der Waals surface area contributed by atoms with Crippen molar-refractivity contribution in [3.8, 4) is 5.75 Å². The number of aryl methyl sites for hydroxylation is 2. The van der Waals surface area contributed by atoms with Gasteiger partial charge in [-0.2, -0.15) is 0 Å². The van der Waals surface area contributed by atoms with Crippen LogP contribution in [0.1, 0.15) is 48.9 Å². The second-order valence-corrected chi connectivity index (χ2v) is 6.49. The fourth-order valence-corrected chi connectivity index (χ4v) is 3.09. The Bertz CT molecular complexity index is 750. The lowest BCUT2D eigenvalue weighted by Crippen LogP contribution is -2.36. The first-order valence-corrected chi connectivity index (χ1v) is 8.76. The molecule has 0 saturated carbocycles. The van der Waals surface area contributed by atoms with Gasteiger partial charge in [0.15, 0.2) is 6.10 Å². The van der Waals surface area contributed by atoms with E-state index in [0.29, 0.717) is 6.42 Å². The molecule has 1 aromatic heterocycles. The van der Waals surface area contributed by atoms with Crippen LogP contribution in [-0.2, 0) is 11.2 Å². The summed E-state index contributed by atoms with van der Waals surface area (Å²) < 4.78 is 11.0. The lowest BCUT2D eigenvalue weighted by molar-refractivity contribution is -0.123. The number of hydrogen-bond donors (Lipinski definition) is 2. The van der Waals surface area contributed by atoms with Crippen LogP contribution in [0.3, 0.4) is 0 Å². The minimum Gasteiger partial charge on any atom is -0.478 e. The Morgan fingerprint density at radius 2 is 2.16 bits per heavy atom. The average Bonchev–Trinajstić information content (AvgIpc) is 2.92. The van der Waals surface area contributed by atoms with Gasteiger partial charge in [-0.05, 0) is 57.9 Å². The third-order valence-electron chi connectivity index (χ3n) is 4.70. The van der Waals surface area contributed by atoms with Crippen LogP contribution in [0.5, 0.6) is 5.75 Å². The first-order chi connectivity index (χ1) is 12.0. The first-order valence-electron chi connectivity index (χ1n) is 8.76. The average molecular weight is 343 g/mol. The zero-order valence-corrected chi connectivity index (χ0v) is 15.2. The highest BCUT2D eigenvalue weighted by atomic mass is 16.5. The number of fused-ring (bicyclic) bond motifs is 1. The lowest BCUT2D eigenvalue weighted by atomic mass is 10.0. The van der Waals surface area contributed by atoms with Gasteiger partial charge in [0.25, 0.3) is 5.91 Å². The zero-order valence-electron chi connectivity index (χ0n) is 15.2. The summed E-state index contributed by atoms with van der Waals surface area (Å²) in [5.74, 6) is 1.55. The van der Waals surface area contributed by atoms with Crippen LogP contribution in [0.2, 0.25) is 0 Å². The summed E-state index contributed by atoms with van der Waals surface area (Å²) in [5.41, 5.74) is 3.99. The van der Waals surface area contributed by atoms with Crippen LogP contribution in [0.25, 0.3) is 0 Å². The van der Waals surface area contributed by atoms with E-state index in [1.54, 1.807) is 0 Å². The molecule has 2 heterocycles. The largest absolute Gasteiger partial charge is 0.478 e. The molecule has 134 valence electrons. The minimum atomic E-state index is -0.412. The van der Waals surface area contributed by atoms with E-state index < -0.39 is 6.10 Å². The molecule has 1 amide bonds. The van der Waals surface area contributed by atoms with Gasteiger partial charge in [0.1, 0.15) is 11.5 Å². The highest BCUT2D eigenvalue weighted by molar-refractivity contribution is 5.97. The Hall–Kier alpha value is -2.34. The van der Waals surface area contributed by atoms with Gasteiger partial charge < -0.3 is 19.9 Å². The number of hydrogen-bond acceptors (Lipinski definition) is 5. The maximum absolute atomic E-state index is 11.9. The molecule has 2 N–H and O–H groups in total. The Morgan fingerprint density at radius 1 is 1.36 bits per heavy atom. The second kappa shape index (κ2) is 7.27. The normalized spacial score (nSPS) is 17.6. The number of anilines is 1. The van der Waals surface area contributed by atoms with Crippen molar-refractivity contribution in [2.75, 3.05) is 11.9 Å². The van der Waals surface area contributed by atoms with Gasteiger partial charge in [0.2, 0.25) is 0 Å². The van der Waals surface area contributed by atoms with Gasteiger partial charge in [-0.1, -0.05) is 18.1 Å². The summed E-state index contributed by atoms with van der Waals surface area (Å²) >= 11 is 0. The molecule has 0 unspecified atom stereocenters. The third-order valence-corrected chi connectivity index (χ3v) is 4.70. The SMILES string of the molecule is CC[C@@H]1Oc2cc([C@H](C)NCCc3c(C)noc3C)ccc2NC1=O. The number of ether oxygens (including phenoxy) is 1. The quantitative estimate of drug-likeness (QED) is 0.842. The molecular weight excluding hydrogens is 318 g/mol. The number of benzene rings is 1. The number of nitrogens with zero attached hydrogens (tertiary/aromatic N) is 1.